The number of hydrogen-bond acceptors (Lipinski definition) is 3. The third-order valence-corrected chi connectivity index (χ3v) is 4.65. The lowest BCUT2D eigenvalue weighted by Crippen LogP contribution is -2.50. The number of nitrogens with zero attached hydrogens (tertiary/aromatic N) is 1. The van der Waals surface area contributed by atoms with Crippen molar-refractivity contribution in [1.29, 1.82) is 0 Å². The van der Waals surface area contributed by atoms with Crippen molar-refractivity contribution < 1.29 is 23.4 Å². The van der Waals surface area contributed by atoms with Crippen LogP contribution in [0.25, 0.3) is 0 Å². The van der Waals surface area contributed by atoms with Crippen molar-refractivity contribution in [3.05, 3.63) is 35.4 Å². The van der Waals surface area contributed by atoms with E-state index in [0.29, 0.717) is 39.0 Å². The molecule has 3 rings (SSSR count). The second-order valence-electron chi connectivity index (χ2n) is 6.01. The number of hydrogen-bond donors (Lipinski definition) is 1. The zero-order valence-electron chi connectivity index (χ0n) is 12.2. The molecule has 0 radical (unpaired) electrons. The molecule has 0 saturated carbocycles. The lowest BCUT2D eigenvalue weighted by atomic mass is 9.72. The van der Waals surface area contributed by atoms with Gasteiger partial charge in [0.1, 0.15) is 11.6 Å². The predicted octanol–water partition coefficient (Wildman–Crippen LogP) is 1.61. The molecular weight excluding hydrogens is 292 g/mol. The van der Waals surface area contributed by atoms with Gasteiger partial charge in [0.05, 0.1) is 11.5 Å². The molecule has 1 amide bonds. The monoisotopic (exact) mass is 311 g/mol. The molecular formula is C16H19F2NO3. The van der Waals surface area contributed by atoms with Crippen LogP contribution >= 0.6 is 0 Å². The van der Waals surface area contributed by atoms with Crippen molar-refractivity contribution in [3.8, 4) is 0 Å². The van der Waals surface area contributed by atoms with Crippen LogP contribution < -0.4 is 0 Å². The number of carbonyl (C=O) groups excluding carboxylic acids is 1. The molecule has 2 saturated heterocycles. The maximum absolute atomic E-state index is 14.3. The largest absolute Gasteiger partial charge is 0.391 e. The number of likely N-dealkylation sites (tertiary alicyclic amines) is 1. The van der Waals surface area contributed by atoms with Crippen LogP contribution in [-0.4, -0.2) is 48.3 Å². The number of aliphatic hydroxyl groups is 1. The second kappa shape index (κ2) is 5.93. The Morgan fingerprint density at radius 1 is 1.32 bits per heavy atom. The summed E-state index contributed by atoms with van der Waals surface area (Å²) in [6.45, 7) is 1.45. The Kier molecular flexibility index (Phi) is 4.14. The highest BCUT2D eigenvalue weighted by molar-refractivity contribution is 5.88. The van der Waals surface area contributed by atoms with Crippen LogP contribution in [0.5, 0.6) is 0 Å². The first-order valence-corrected chi connectivity index (χ1v) is 7.54. The molecule has 1 aromatic rings. The Labute approximate surface area is 127 Å². The molecule has 2 fully saturated rings. The Morgan fingerprint density at radius 3 is 2.64 bits per heavy atom. The van der Waals surface area contributed by atoms with Gasteiger partial charge in [-0.25, -0.2) is 8.78 Å². The van der Waals surface area contributed by atoms with E-state index >= 15 is 0 Å². The molecule has 0 aromatic heterocycles. The lowest BCUT2D eigenvalue weighted by molar-refractivity contribution is -0.140. The number of carbonyl (C=O) groups is 1. The number of β-amino-alcohol motifs (C(OH)–C–C–N with tert-alkyl or cyclic N) is 1. The van der Waals surface area contributed by atoms with Gasteiger partial charge >= 0.3 is 0 Å². The van der Waals surface area contributed by atoms with E-state index in [-0.39, 0.29) is 18.0 Å². The van der Waals surface area contributed by atoms with Crippen LogP contribution in [-0.2, 0) is 14.9 Å². The first kappa shape index (κ1) is 15.4. The van der Waals surface area contributed by atoms with E-state index in [1.165, 1.54) is 12.1 Å². The fourth-order valence-electron chi connectivity index (χ4n) is 3.42. The van der Waals surface area contributed by atoms with Gasteiger partial charge in [-0.15, -0.1) is 0 Å². The summed E-state index contributed by atoms with van der Waals surface area (Å²) >= 11 is 0. The molecule has 2 aliphatic heterocycles. The fourth-order valence-corrected chi connectivity index (χ4v) is 3.42. The lowest BCUT2D eigenvalue weighted by Gasteiger charge is -2.39. The highest BCUT2D eigenvalue weighted by atomic mass is 19.1. The second-order valence-corrected chi connectivity index (χ2v) is 6.01. The minimum Gasteiger partial charge on any atom is -0.391 e. The smallest absolute Gasteiger partial charge is 0.233 e. The summed E-state index contributed by atoms with van der Waals surface area (Å²) in [5.74, 6) is -1.56. The number of ether oxygens (including phenoxy) is 1. The number of halogens is 2. The van der Waals surface area contributed by atoms with Crippen LogP contribution in [0.2, 0.25) is 0 Å². The molecule has 0 aliphatic carbocycles. The van der Waals surface area contributed by atoms with Gasteiger partial charge in [0.2, 0.25) is 5.91 Å². The van der Waals surface area contributed by atoms with E-state index in [0.717, 1.165) is 6.07 Å². The molecule has 1 N–H and O–H groups in total. The molecule has 1 aromatic carbocycles. The van der Waals surface area contributed by atoms with Crippen molar-refractivity contribution in [1.82, 2.24) is 4.90 Å². The van der Waals surface area contributed by atoms with Crippen molar-refractivity contribution >= 4 is 5.91 Å². The molecule has 1 atom stereocenters. The highest BCUT2D eigenvalue weighted by Gasteiger charge is 2.46. The van der Waals surface area contributed by atoms with E-state index in [1.807, 2.05) is 0 Å². The summed E-state index contributed by atoms with van der Waals surface area (Å²) in [5.41, 5.74) is -0.802. The van der Waals surface area contributed by atoms with Gasteiger partial charge in [-0.05, 0) is 25.3 Å². The maximum Gasteiger partial charge on any atom is 0.233 e. The molecule has 120 valence electrons. The van der Waals surface area contributed by atoms with E-state index in [4.69, 9.17) is 4.74 Å². The van der Waals surface area contributed by atoms with Gasteiger partial charge < -0.3 is 14.7 Å². The average Bonchev–Trinajstić information content (AvgIpc) is 2.93. The van der Waals surface area contributed by atoms with Crippen LogP contribution in [0.3, 0.4) is 0 Å². The third kappa shape index (κ3) is 2.61. The van der Waals surface area contributed by atoms with E-state index in [2.05, 4.69) is 0 Å². The van der Waals surface area contributed by atoms with Crippen LogP contribution in [0, 0.1) is 11.6 Å². The summed E-state index contributed by atoms with van der Waals surface area (Å²) < 4.78 is 32.8. The van der Waals surface area contributed by atoms with E-state index < -0.39 is 23.2 Å². The molecule has 0 unspecified atom stereocenters. The number of benzene rings is 1. The molecule has 4 nitrogen and oxygen atoms in total. The molecule has 22 heavy (non-hydrogen) atoms. The van der Waals surface area contributed by atoms with Crippen molar-refractivity contribution in [2.45, 2.75) is 30.8 Å². The van der Waals surface area contributed by atoms with Crippen LogP contribution in [0.15, 0.2) is 18.2 Å². The number of rotatable bonds is 2. The standard InChI is InChI=1S/C16H19F2NO3/c17-11-1-2-13(14(18)9-11)16(4-7-22-8-5-16)15(21)19-6-3-12(20)10-19/h1-2,9,12,20H,3-8,10H2/t12-/m1/s1. The Bertz CT molecular complexity index is 573. The van der Waals surface area contributed by atoms with Gasteiger partial charge in [-0.1, -0.05) is 6.07 Å². The molecule has 0 bridgehead atoms. The van der Waals surface area contributed by atoms with E-state index in [9.17, 15) is 18.7 Å². The van der Waals surface area contributed by atoms with E-state index in [1.54, 1.807) is 4.90 Å². The zero-order valence-corrected chi connectivity index (χ0v) is 12.2. The average molecular weight is 311 g/mol. The topological polar surface area (TPSA) is 49.8 Å². The van der Waals surface area contributed by atoms with Gasteiger partial charge in [0.15, 0.2) is 0 Å². The van der Waals surface area contributed by atoms with Crippen molar-refractivity contribution in [2.75, 3.05) is 26.3 Å². The summed E-state index contributed by atoms with van der Waals surface area (Å²) in [6, 6.07) is 3.36. The first-order valence-electron chi connectivity index (χ1n) is 7.54. The molecule has 2 heterocycles. The summed E-state index contributed by atoms with van der Waals surface area (Å²) in [4.78, 5) is 14.6. The van der Waals surface area contributed by atoms with Gasteiger partial charge in [-0.3, -0.25) is 4.79 Å². The summed E-state index contributed by atoms with van der Waals surface area (Å²) in [6.07, 6.45) is 0.727. The SMILES string of the molecule is O=C(N1CC[C@@H](O)C1)C1(c2ccc(F)cc2F)CCOCC1. The van der Waals surface area contributed by atoms with Crippen molar-refractivity contribution in [2.24, 2.45) is 0 Å². The van der Waals surface area contributed by atoms with Gasteiger partial charge in [0, 0.05) is 37.9 Å². The normalized spacial score (nSPS) is 24.5. The van der Waals surface area contributed by atoms with Crippen molar-refractivity contribution in [3.63, 3.8) is 0 Å². The quantitative estimate of drug-likeness (QED) is 0.903. The summed E-state index contributed by atoms with van der Waals surface area (Å²) in [5, 5.41) is 9.65. The summed E-state index contributed by atoms with van der Waals surface area (Å²) in [7, 11) is 0. The fraction of sp³-hybridized carbons (Fsp3) is 0.562. The van der Waals surface area contributed by atoms with Crippen LogP contribution in [0.4, 0.5) is 8.78 Å². The number of amides is 1. The molecule has 6 heteroatoms. The Morgan fingerprint density at radius 2 is 2.05 bits per heavy atom. The minimum absolute atomic E-state index is 0.196. The van der Waals surface area contributed by atoms with Gasteiger partial charge in [-0.2, -0.15) is 0 Å². The molecule has 2 aliphatic rings. The number of aliphatic hydroxyl groups excluding tert-OH is 1. The maximum atomic E-state index is 14.3. The highest BCUT2D eigenvalue weighted by Crippen LogP contribution is 2.39. The predicted molar refractivity (Wildman–Crippen MR) is 75.3 cm³/mol. The first-order chi connectivity index (χ1) is 10.5. The van der Waals surface area contributed by atoms with Crippen LogP contribution in [0.1, 0.15) is 24.8 Å². The zero-order chi connectivity index (χ0) is 15.7. The third-order valence-electron chi connectivity index (χ3n) is 4.65. The Hall–Kier alpha value is -1.53. The minimum atomic E-state index is -1.03. The van der Waals surface area contributed by atoms with Gasteiger partial charge in [0.25, 0.3) is 0 Å². The molecule has 0 spiro atoms. The Balaban J connectivity index is 1.99.